The predicted octanol–water partition coefficient (Wildman–Crippen LogP) is 1.21. The summed E-state index contributed by atoms with van der Waals surface area (Å²) < 4.78 is 15.5. The van der Waals surface area contributed by atoms with Gasteiger partial charge in [0.1, 0.15) is 5.54 Å². The molecule has 5 nitrogen and oxygen atoms in total. The average Bonchev–Trinajstić information content (AvgIpc) is 3.21. The fraction of sp³-hybridized carbons (Fsp3) is 0.500. The van der Waals surface area contributed by atoms with Crippen LogP contribution in [0.4, 0.5) is 0 Å². The van der Waals surface area contributed by atoms with Gasteiger partial charge in [0.2, 0.25) is 0 Å². The van der Waals surface area contributed by atoms with Gasteiger partial charge in [0.25, 0.3) is 0 Å². The number of hydrogen-bond acceptors (Lipinski definition) is 5. The van der Waals surface area contributed by atoms with Crippen molar-refractivity contribution >= 4 is 5.97 Å². The summed E-state index contributed by atoms with van der Waals surface area (Å²) in [6.07, 6.45) is 0.780. The Morgan fingerprint density at radius 3 is 2.58 bits per heavy atom. The number of methoxy groups -OCH3 is 3. The Hall–Kier alpha value is -1.75. The lowest BCUT2D eigenvalue weighted by atomic mass is 9.95. The first-order valence-corrected chi connectivity index (χ1v) is 6.24. The van der Waals surface area contributed by atoms with Crippen LogP contribution in [0, 0.1) is 0 Å². The van der Waals surface area contributed by atoms with Crippen LogP contribution >= 0.6 is 0 Å². The molecule has 0 spiro atoms. The maximum absolute atomic E-state index is 11.9. The van der Waals surface area contributed by atoms with Crippen LogP contribution in [0.5, 0.6) is 11.5 Å². The van der Waals surface area contributed by atoms with Gasteiger partial charge in [0, 0.05) is 12.5 Å². The summed E-state index contributed by atoms with van der Waals surface area (Å²) in [7, 11) is 4.67. The SMILES string of the molecule is COC(=O)[C@@]12C[C@H]1c1cc(OC)c(OC)cc1CN2. The van der Waals surface area contributed by atoms with E-state index in [0.717, 1.165) is 17.5 Å². The number of carbonyl (C=O) groups excluding carboxylic acids is 1. The van der Waals surface area contributed by atoms with Gasteiger partial charge in [0.15, 0.2) is 11.5 Å². The molecule has 2 aliphatic rings. The number of benzene rings is 1. The molecule has 1 heterocycles. The number of ether oxygens (including phenoxy) is 3. The maximum Gasteiger partial charge on any atom is 0.326 e. The molecule has 0 amide bonds. The Morgan fingerprint density at radius 1 is 1.26 bits per heavy atom. The molecule has 0 unspecified atom stereocenters. The Kier molecular flexibility index (Phi) is 2.67. The highest BCUT2D eigenvalue weighted by Crippen LogP contribution is 2.56. The van der Waals surface area contributed by atoms with Crippen LogP contribution in [-0.2, 0) is 16.1 Å². The van der Waals surface area contributed by atoms with Gasteiger partial charge < -0.3 is 14.2 Å². The Labute approximate surface area is 111 Å². The molecule has 1 aliphatic heterocycles. The quantitative estimate of drug-likeness (QED) is 0.831. The molecule has 1 saturated carbocycles. The van der Waals surface area contributed by atoms with Gasteiger partial charge in [-0.05, 0) is 29.7 Å². The number of hydrogen-bond donors (Lipinski definition) is 1. The minimum atomic E-state index is -0.526. The largest absolute Gasteiger partial charge is 0.493 e. The van der Waals surface area contributed by atoms with Crippen molar-refractivity contribution in [1.29, 1.82) is 0 Å². The third-order valence-electron chi connectivity index (χ3n) is 4.13. The van der Waals surface area contributed by atoms with Crippen molar-refractivity contribution in [2.75, 3.05) is 21.3 Å². The summed E-state index contributed by atoms with van der Waals surface area (Å²) in [4.78, 5) is 11.9. The predicted molar refractivity (Wildman–Crippen MR) is 68.5 cm³/mol. The minimum Gasteiger partial charge on any atom is -0.493 e. The van der Waals surface area contributed by atoms with Crippen molar-refractivity contribution < 1.29 is 19.0 Å². The molecule has 19 heavy (non-hydrogen) atoms. The van der Waals surface area contributed by atoms with Crippen LogP contribution in [0.15, 0.2) is 12.1 Å². The van der Waals surface area contributed by atoms with Gasteiger partial charge in [-0.3, -0.25) is 10.1 Å². The van der Waals surface area contributed by atoms with Crippen molar-refractivity contribution in [1.82, 2.24) is 5.32 Å². The average molecular weight is 263 g/mol. The fourth-order valence-electron chi connectivity index (χ4n) is 2.98. The van der Waals surface area contributed by atoms with Crippen molar-refractivity contribution in [3.05, 3.63) is 23.3 Å². The second-order valence-corrected chi connectivity index (χ2v) is 4.98. The molecule has 0 bridgehead atoms. The van der Waals surface area contributed by atoms with Gasteiger partial charge in [0.05, 0.1) is 21.3 Å². The Bertz CT molecular complexity index is 542. The minimum absolute atomic E-state index is 0.170. The molecule has 102 valence electrons. The summed E-state index contributed by atoms with van der Waals surface area (Å²) in [5, 5.41) is 3.29. The zero-order valence-corrected chi connectivity index (χ0v) is 11.3. The third-order valence-corrected chi connectivity index (χ3v) is 4.13. The van der Waals surface area contributed by atoms with Crippen LogP contribution in [0.1, 0.15) is 23.5 Å². The van der Waals surface area contributed by atoms with E-state index in [2.05, 4.69) is 5.32 Å². The van der Waals surface area contributed by atoms with E-state index >= 15 is 0 Å². The standard InChI is InChI=1S/C14H17NO4/c1-17-11-4-8-7-15-14(13(16)19-3)6-10(14)9(8)5-12(11)18-2/h4-5,10,15H,6-7H2,1-3H3/t10-,14+/m0/s1. The van der Waals surface area contributed by atoms with E-state index in [-0.39, 0.29) is 11.9 Å². The molecule has 5 heteroatoms. The van der Waals surface area contributed by atoms with Gasteiger partial charge in [-0.1, -0.05) is 0 Å². The van der Waals surface area contributed by atoms with E-state index in [1.807, 2.05) is 12.1 Å². The van der Waals surface area contributed by atoms with Crippen LogP contribution in [0.3, 0.4) is 0 Å². The van der Waals surface area contributed by atoms with Crippen LogP contribution in [-0.4, -0.2) is 32.8 Å². The normalized spacial score (nSPS) is 27.0. The molecule has 1 N–H and O–H groups in total. The van der Waals surface area contributed by atoms with Crippen LogP contribution in [0.25, 0.3) is 0 Å². The van der Waals surface area contributed by atoms with Crippen molar-refractivity contribution in [2.24, 2.45) is 0 Å². The molecule has 1 fully saturated rings. The summed E-state index contributed by atoms with van der Waals surface area (Å²) in [6, 6.07) is 3.95. The second kappa shape index (κ2) is 4.13. The van der Waals surface area contributed by atoms with E-state index in [4.69, 9.17) is 14.2 Å². The highest BCUT2D eigenvalue weighted by molar-refractivity contribution is 5.87. The molecule has 1 aromatic carbocycles. The number of fused-ring (bicyclic) bond motifs is 3. The van der Waals surface area contributed by atoms with Gasteiger partial charge in [-0.25, -0.2) is 0 Å². The first kappa shape index (κ1) is 12.3. The molecule has 0 radical (unpaired) electrons. The zero-order chi connectivity index (χ0) is 13.6. The number of carbonyl (C=O) groups is 1. The van der Waals surface area contributed by atoms with Crippen LogP contribution < -0.4 is 14.8 Å². The van der Waals surface area contributed by atoms with Crippen molar-refractivity contribution in [3.63, 3.8) is 0 Å². The van der Waals surface area contributed by atoms with E-state index in [1.54, 1.807) is 14.2 Å². The Morgan fingerprint density at radius 2 is 1.95 bits per heavy atom. The first-order valence-electron chi connectivity index (χ1n) is 6.24. The molecular formula is C14H17NO4. The lowest BCUT2D eigenvalue weighted by molar-refractivity contribution is -0.144. The molecule has 0 saturated heterocycles. The Balaban J connectivity index is 2.00. The summed E-state index contributed by atoms with van der Waals surface area (Å²) in [6.45, 7) is 0.640. The molecular weight excluding hydrogens is 246 g/mol. The molecule has 1 aliphatic carbocycles. The monoisotopic (exact) mass is 263 g/mol. The van der Waals surface area contributed by atoms with E-state index in [0.29, 0.717) is 18.0 Å². The van der Waals surface area contributed by atoms with E-state index in [9.17, 15) is 4.79 Å². The van der Waals surface area contributed by atoms with E-state index < -0.39 is 5.54 Å². The van der Waals surface area contributed by atoms with Crippen molar-refractivity contribution in [3.8, 4) is 11.5 Å². The lowest BCUT2D eigenvalue weighted by Crippen LogP contribution is -2.43. The maximum atomic E-state index is 11.9. The van der Waals surface area contributed by atoms with Gasteiger partial charge >= 0.3 is 5.97 Å². The molecule has 1 aromatic rings. The molecule has 2 atom stereocenters. The topological polar surface area (TPSA) is 56.8 Å². The van der Waals surface area contributed by atoms with E-state index in [1.165, 1.54) is 7.11 Å². The summed E-state index contributed by atoms with van der Waals surface area (Å²) >= 11 is 0. The highest BCUT2D eigenvalue weighted by atomic mass is 16.5. The molecule has 0 aromatic heterocycles. The highest BCUT2D eigenvalue weighted by Gasteiger charge is 2.63. The number of esters is 1. The zero-order valence-electron chi connectivity index (χ0n) is 11.3. The molecule has 3 rings (SSSR count). The van der Waals surface area contributed by atoms with Crippen molar-refractivity contribution in [2.45, 2.75) is 24.4 Å². The van der Waals surface area contributed by atoms with Gasteiger partial charge in [-0.15, -0.1) is 0 Å². The lowest BCUT2D eigenvalue weighted by Gasteiger charge is -2.25. The summed E-state index contributed by atoms with van der Waals surface area (Å²) in [5.74, 6) is 1.41. The second-order valence-electron chi connectivity index (χ2n) is 4.98. The van der Waals surface area contributed by atoms with Gasteiger partial charge in [-0.2, -0.15) is 0 Å². The fourth-order valence-corrected chi connectivity index (χ4v) is 2.98. The van der Waals surface area contributed by atoms with Crippen LogP contribution in [0.2, 0.25) is 0 Å². The number of rotatable bonds is 3. The first-order chi connectivity index (χ1) is 9.16. The smallest absolute Gasteiger partial charge is 0.326 e. The third kappa shape index (κ3) is 1.61. The summed E-state index contributed by atoms with van der Waals surface area (Å²) in [5.41, 5.74) is 1.78. The number of nitrogens with one attached hydrogen (secondary N) is 1.